The summed E-state index contributed by atoms with van der Waals surface area (Å²) in [4.78, 5) is 5.84. The van der Waals surface area contributed by atoms with Crippen LogP contribution in [0, 0.1) is 0 Å². The van der Waals surface area contributed by atoms with Gasteiger partial charge in [-0.15, -0.1) is 22.9 Å². The number of benzene rings is 1. The standard InChI is InChI=1S/C13H12ClF3N2S/c1-19(6-10-7-20-8-18-10)11-3-2-9(5-14)12(4-11)13(15,16)17/h2-4,7-8H,5-6H2,1H3. The molecule has 0 N–H and O–H groups in total. The van der Waals surface area contributed by atoms with E-state index < -0.39 is 11.7 Å². The minimum Gasteiger partial charge on any atom is -0.369 e. The Morgan fingerprint density at radius 2 is 2.10 bits per heavy atom. The zero-order chi connectivity index (χ0) is 14.8. The van der Waals surface area contributed by atoms with Crippen LogP contribution in [0.3, 0.4) is 0 Å². The summed E-state index contributed by atoms with van der Waals surface area (Å²) in [5.74, 6) is -0.162. The molecular formula is C13H12ClF3N2S. The van der Waals surface area contributed by atoms with E-state index in [1.807, 2.05) is 5.38 Å². The zero-order valence-electron chi connectivity index (χ0n) is 10.6. The highest BCUT2D eigenvalue weighted by Crippen LogP contribution is 2.35. The van der Waals surface area contributed by atoms with E-state index in [1.165, 1.54) is 17.4 Å². The van der Waals surface area contributed by atoms with Crippen LogP contribution in [0.25, 0.3) is 0 Å². The molecule has 0 aliphatic rings. The van der Waals surface area contributed by atoms with Crippen molar-refractivity contribution in [3.8, 4) is 0 Å². The van der Waals surface area contributed by atoms with Crippen LogP contribution in [0.4, 0.5) is 18.9 Å². The smallest absolute Gasteiger partial charge is 0.369 e. The van der Waals surface area contributed by atoms with Crippen LogP contribution in [0.15, 0.2) is 29.1 Å². The quantitative estimate of drug-likeness (QED) is 0.769. The number of hydrogen-bond donors (Lipinski definition) is 0. The lowest BCUT2D eigenvalue weighted by molar-refractivity contribution is -0.138. The Kier molecular flexibility index (Phi) is 4.55. The van der Waals surface area contributed by atoms with Gasteiger partial charge in [-0.1, -0.05) is 6.07 Å². The number of alkyl halides is 4. The molecule has 108 valence electrons. The Morgan fingerprint density at radius 1 is 1.35 bits per heavy atom. The van der Waals surface area contributed by atoms with Crippen molar-refractivity contribution in [1.29, 1.82) is 0 Å². The second-order valence-corrected chi connectivity index (χ2v) is 5.29. The van der Waals surface area contributed by atoms with E-state index in [1.54, 1.807) is 23.5 Å². The lowest BCUT2D eigenvalue weighted by Crippen LogP contribution is -2.18. The predicted octanol–water partition coefficient (Wildman–Crippen LogP) is 4.54. The number of hydrogen-bond acceptors (Lipinski definition) is 3. The summed E-state index contributed by atoms with van der Waals surface area (Å²) in [6, 6.07) is 4.19. The Morgan fingerprint density at radius 3 is 2.65 bits per heavy atom. The van der Waals surface area contributed by atoms with Crippen LogP contribution in [0.2, 0.25) is 0 Å². The number of thiazole rings is 1. The van der Waals surface area contributed by atoms with Gasteiger partial charge in [0.05, 0.1) is 23.3 Å². The summed E-state index contributed by atoms with van der Waals surface area (Å²) >= 11 is 7.02. The van der Waals surface area contributed by atoms with Gasteiger partial charge in [0.15, 0.2) is 0 Å². The van der Waals surface area contributed by atoms with E-state index in [-0.39, 0.29) is 11.4 Å². The van der Waals surface area contributed by atoms with Gasteiger partial charge in [-0.05, 0) is 17.7 Å². The molecular weight excluding hydrogens is 309 g/mol. The van der Waals surface area contributed by atoms with Gasteiger partial charge in [0.1, 0.15) is 0 Å². The van der Waals surface area contributed by atoms with Gasteiger partial charge in [0.2, 0.25) is 0 Å². The van der Waals surface area contributed by atoms with Gasteiger partial charge >= 0.3 is 6.18 Å². The monoisotopic (exact) mass is 320 g/mol. The van der Waals surface area contributed by atoms with Crippen LogP contribution in [0.1, 0.15) is 16.8 Å². The highest BCUT2D eigenvalue weighted by atomic mass is 35.5. The molecule has 1 aromatic carbocycles. The molecule has 7 heteroatoms. The van der Waals surface area contributed by atoms with Crippen molar-refractivity contribution in [2.24, 2.45) is 0 Å². The third-order valence-corrected chi connectivity index (χ3v) is 3.79. The third-order valence-electron chi connectivity index (χ3n) is 2.87. The molecule has 20 heavy (non-hydrogen) atoms. The minimum absolute atomic E-state index is 0.0879. The van der Waals surface area contributed by atoms with Crippen molar-refractivity contribution < 1.29 is 13.2 Å². The summed E-state index contributed by atoms with van der Waals surface area (Å²) in [6.45, 7) is 0.459. The van der Waals surface area contributed by atoms with Crippen LogP contribution < -0.4 is 4.90 Å². The van der Waals surface area contributed by atoms with Gasteiger partial charge in [-0.25, -0.2) is 4.98 Å². The fourth-order valence-electron chi connectivity index (χ4n) is 1.83. The van der Waals surface area contributed by atoms with Crippen molar-refractivity contribution in [3.63, 3.8) is 0 Å². The fraction of sp³-hybridized carbons (Fsp3) is 0.308. The molecule has 2 nitrogen and oxygen atoms in total. The van der Waals surface area contributed by atoms with Crippen molar-refractivity contribution >= 4 is 28.6 Å². The van der Waals surface area contributed by atoms with Gasteiger partial charge < -0.3 is 4.90 Å². The number of halogens is 4. The van der Waals surface area contributed by atoms with Gasteiger partial charge in [-0.2, -0.15) is 13.2 Å². The molecule has 0 unspecified atom stereocenters. The first kappa shape index (κ1) is 15.1. The Balaban J connectivity index is 2.28. The maximum atomic E-state index is 13.0. The second-order valence-electron chi connectivity index (χ2n) is 4.31. The van der Waals surface area contributed by atoms with E-state index in [0.29, 0.717) is 12.2 Å². The maximum Gasteiger partial charge on any atom is 0.416 e. The average molecular weight is 321 g/mol. The summed E-state index contributed by atoms with van der Waals surface area (Å²) in [5, 5.41) is 1.87. The van der Waals surface area contributed by atoms with Crippen LogP contribution in [-0.4, -0.2) is 12.0 Å². The van der Waals surface area contributed by atoms with Crippen LogP contribution in [-0.2, 0) is 18.6 Å². The van der Waals surface area contributed by atoms with E-state index in [0.717, 1.165) is 11.8 Å². The van der Waals surface area contributed by atoms with Crippen molar-refractivity contribution in [3.05, 3.63) is 45.9 Å². The summed E-state index contributed by atoms with van der Waals surface area (Å²) in [6.07, 6.45) is -4.40. The largest absolute Gasteiger partial charge is 0.416 e. The predicted molar refractivity (Wildman–Crippen MR) is 75.2 cm³/mol. The fourth-order valence-corrected chi connectivity index (χ4v) is 2.61. The van der Waals surface area contributed by atoms with Gasteiger partial charge in [0, 0.05) is 24.0 Å². The molecule has 0 aliphatic carbocycles. The Bertz CT molecular complexity index is 569. The number of nitrogens with zero attached hydrogens (tertiary/aromatic N) is 2. The first-order chi connectivity index (χ1) is 9.41. The summed E-state index contributed by atoms with van der Waals surface area (Å²) in [5.41, 5.74) is 2.41. The molecule has 0 fully saturated rings. The number of aromatic nitrogens is 1. The van der Waals surface area contributed by atoms with Crippen molar-refractivity contribution in [2.45, 2.75) is 18.6 Å². The van der Waals surface area contributed by atoms with Gasteiger partial charge in [0.25, 0.3) is 0 Å². The van der Waals surface area contributed by atoms with E-state index in [2.05, 4.69) is 4.98 Å². The Labute approximate surface area is 123 Å². The lowest BCUT2D eigenvalue weighted by atomic mass is 10.1. The molecule has 2 rings (SSSR count). The van der Waals surface area contributed by atoms with Crippen molar-refractivity contribution in [2.75, 3.05) is 11.9 Å². The molecule has 0 bridgehead atoms. The van der Waals surface area contributed by atoms with Crippen LogP contribution in [0.5, 0.6) is 0 Å². The van der Waals surface area contributed by atoms with E-state index >= 15 is 0 Å². The normalized spacial score (nSPS) is 11.7. The SMILES string of the molecule is CN(Cc1cscn1)c1ccc(CCl)c(C(F)(F)F)c1. The molecule has 0 atom stereocenters. The Hall–Kier alpha value is -1.27. The zero-order valence-corrected chi connectivity index (χ0v) is 12.2. The summed E-state index contributed by atoms with van der Waals surface area (Å²) in [7, 11) is 1.73. The highest BCUT2D eigenvalue weighted by molar-refractivity contribution is 7.07. The minimum atomic E-state index is -4.40. The molecule has 0 spiro atoms. The first-order valence-corrected chi connectivity index (χ1v) is 7.24. The molecule has 1 heterocycles. The van der Waals surface area contributed by atoms with Crippen LogP contribution >= 0.6 is 22.9 Å². The van der Waals surface area contributed by atoms with E-state index in [4.69, 9.17) is 11.6 Å². The second kappa shape index (κ2) is 6.01. The van der Waals surface area contributed by atoms with E-state index in [9.17, 15) is 13.2 Å². The van der Waals surface area contributed by atoms with Gasteiger partial charge in [-0.3, -0.25) is 0 Å². The number of anilines is 1. The molecule has 0 radical (unpaired) electrons. The number of rotatable bonds is 4. The summed E-state index contributed by atoms with van der Waals surface area (Å²) < 4.78 is 38.9. The molecule has 2 aromatic rings. The average Bonchev–Trinajstić information content (AvgIpc) is 2.89. The molecule has 0 saturated heterocycles. The van der Waals surface area contributed by atoms with Crippen molar-refractivity contribution in [1.82, 2.24) is 4.98 Å². The molecule has 0 amide bonds. The first-order valence-electron chi connectivity index (χ1n) is 5.76. The molecule has 1 aromatic heterocycles. The molecule has 0 saturated carbocycles. The lowest BCUT2D eigenvalue weighted by Gasteiger charge is -2.21. The maximum absolute atomic E-state index is 13.0. The highest BCUT2D eigenvalue weighted by Gasteiger charge is 2.33. The topological polar surface area (TPSA) is 16.1 Å². The molecule has 0 aliphatic heterocycles. The third kappa shape index (κ3) is 3.43.